The van der Waals surface area contributed by atoms with Crippen LogP contribution in [0.3, 0.4) is 0 Å². The van der Waals surface area contributed by atoms with Gasteiger partial charge in [0.2, 0.25) is 7.44 Å². The third-order valence-corrected chi connectivity index (χ3v) is 8.43. The first-order chi connectivity index (χ1) is 18.5. The fourth-order valence-corrected chi connectivity index (χ4v) is 6.28. The van der Waals surface area contributed by atoms with Gasteiger partial charge in [0.05, 0.1) is 31.0 Å². The summed E-state index contributed by atoms with van der Waals surface area (Å²) in [7, 11) is -3.51. The van der Waals surface area contributed by atoms with Crippen LogP contribution in [0.1, 0.15) is 66.7 Å². The number of nitrogens with zero attached hydrogens (tertiary/aromatic N) is 4. The highest BCUT2D eigenvalue weighted by Gasteiger charge is 2.31. The van der Waals surface area contributed by atoms with E-state index in [9.17, 15) is 14.2 Å². The van der Waals surface area contributed by atoms with Crippen LogP contribution in [0.25, 0.3) is 11.2 Å². The van der Waals surface area contributed by atoms with Gasteiger partial charge in [-0.15, -0.1) is 0 Å². The van der Waals surface area contributed by atoms with Gasteiger partial charge < -0.3 is 24.5 Å². The van der Waals surface area contributed by atoms with Crippen molar-refractivity contribution in [3.63, 3.8) is 0 Å². The minimum atomic E-state index is -3.51. The minimum absolute atomic E-state index is 0.0698. The molecule has 0 radical (unpaired) electrons. The van der Waals surface area contributed by atoms with E-state index in [-0.39, 0.29) is 30.9 Å². The second kappa shape index (κ2) is 14.2. The van der Waals surface area contributed by atoms with Crippen LogP contribution < -0.4 is 15.9 Å². The van der Waals surface area contributed by atoms with Gasteiger partial charge in [-0.25, -0.2) is 20.0 Å². The van der Waals surface area contributed by atoms with E-state index in [4.69, 9.17) is 19.9 Å². The molecule has 0 amide bonds. The lowest BCUT2D eigenvalue weighted by atomic mass is 9.98. The molecule has 0 aromatic carbocycles. The maximum absolute atomic E-state index is 14.0. The first kappa shape index (κ1) is 30.9. The number of anilines is 1. The molecule has 0 saturated heterocycles. The lowest BCUT2D eigenvalue weighted by molar-refractivity contribution is -0.152. The highest BCUT2D eigenvalue weighted by Crippen LogP contribution is 2.38. The molecule has 218 valence electrons. The normalized spacial score (nSPS) is 18.4. The number of nitrogens with two attached hydrogens (primary N) is 1. The lowest BCUT2D eigenvalue weighted by Crippen LogP contribution is -2.41. The zero-order valence-electron chi connectivity index (χ0n) is 23.5. The molecule has 3 rings (SSSR count). The fourth-order valence-electron chi connectivity index (χ4n) is 4.25. The molecule has 4 N–H and O–H groups in total. The van der Waals surface area contributed by atoms with Gasteiger partial charge >= 0.3 is 11.9 Å². The minimum Gasteiger partial charge on any atom is -0.463 e. The van der Waals surface area contributed by atoms with Crippen LogP contribution in [0.5, 0.6) is 0 Å². The first-order valence-corrected chi connectivity index (χ1v) is 15.4. The number of carbonyl (C=O) groups excluding carboxylic acids is 2. The van der Waals surface area contributed by atoms with Crippen molar-refractivity contribution in [3.8, 4) is 0 Å². The van der Waals surface area contributed by atoms with Crippen molar-refractivity contribution < 1.29 is 28.4 Å². The van der Waals surface area contributed by atoms with Crippen LogP contribution in [-0.4, -0.2) is 68.7 Å². The number of hydrogen-bond acceptors (Lipinski definition) is 10. The Morgan fingerprint density at radius 1 is 1.10 bits per heavy atom. The van der Waals surface area contributed by atoms with Crippen molar-refractivity contribution in [1.29, 1.82) is 0 Å². The molecule has 2 aromatic heterocycles. The summed E-state index contributed by atoms with van der Waals surface area (Å²) in [5, 5.41) is 5.85. The van der Waals surface area contributed by atoms with Crippen molar-refractivity contribution in [2.75, 3.05) is 18.6 Å². The van der Waals surface area contributed by atoms with Gasteiger partial charge in [-0.1, -0.05) is 13.3 Å². The summed E-state index contributed by atoms with van der Waals surface area (Å²) < 4.78 is 32.6. The van der Waals surface area contributed by atoms with Gasteiger partial charge in [0, 0.05) is 6.54 Å². The highest BCUT2D eigenvalue weighted by molar-refractivity contribution is 7.59. The number of hydrogen-bond donors (Lipinski definition) is 3. The second-order valence-corrected chi connectivity index (χ2v) is 12.8. The zero-order chi connectivity index (χ0) is 28.6. The Morgan fingerprint density at radius 2 is 1.82 bits per heavy atom. The van der Waals surface area contributed by atoms with Crippen LogP contribution in [0, 0.1) is 5.92 Å². The number of ether oxygens (including phenoxy) is 3. The number of aromatic nitrogens is 4. The summed E-state index contributed by atoms with van der Waals surface area (Å²) in [5.41, 5.74) is 6.92. The van der Waals surface area contributed by atoms with E-state index in [0.29, 0.717) is 17.7 Å². The van der Waals surface area contributed by atoms with E-state index in [0.717, 1.165) is 32.1 Å². The Kier molecular flexibility index (Phi) is 11.2. The fraction of sp³-hybridized carbons (Fsp3) is 0.720. The van der Waals surface area contributed by atoms with Crippen LogP contribution in [0.4, 0.5) is 5.82 Å². The van der Waals surface area contributed by atoms with E-state index in [1.807, 2.05) is 6.92 Å². The zero-order valence-corrected chi connectivity index (χ0v) is 24.4. The van der Waals surface area contributed by atoms with Crippen molar-refractivity contribution in [2.45, 2.75) is 97.6 Å². The summed E-state index contributed by atoms with van der Waals surface area (Å²) in [6.07, 6.45) is 6.82. The smallest absolute Gasteiger partial charge is 0.323 e. The Bertz CT molecular complexity index is 1150. The number of carbonyl (C=O) groups is 2. The van der Waals surface area contributed by atoms with E-state index < -0.39 is 37.4 Å². The van der Waals surface area contributed by atoms with Crippen molar-refractivity contribution in [2.24, 2.45) is 5.92 Å². The van der Waals surface area contributed by atoms with E-state index in [1.54, 1.807) is 38.6 Å². The molecule has 1 saturated carbocycles. The summed E-state index contributed by atoms with van der Waals surface area (Å²) in [6, 6.07) is -0.848. The molecule has 1 fully saturated rings. The average molecular weight is 568 g/mol. The lowest BCUT2D eigenvalue weighted by Gasteiger charge is -2.28. The van der Waals surface area contributed by atoms with E-state index in [1.165, 1.54) is 6.33 Å². The van der Waals surface area contributed by atoms with Crippen molar-refractivity contribution in [3.05, 3.63) is 12.7 Å². The molecule has 0 bridgehead atoms. The average Bonchev–Trinajstić information content (AvgIpc) is 3.30. The Balaban J connectivity index is 1.64. The Hall–Kier alpha value is -2.60. The molecule has 1 aliphatic carbocycles. The summed E-state index contributed by atoms with van der Waals surface area (Å²) in [5.74, 6) is -1.15. The van der Waals surface area contributed by atoms with Crippen molar-refractivity contribution in [1.82, 2.24) is 29.7 Å². The first-order valence-electron chi connectivity index (χ1n) is 13.5. The Morgan fingerprint density at radius 3 is 2.51 bits per heavy atom. The molecule has 0 spiro atoms. The van der Waals surface area contributed by atoms with Gasteiger partial charge in [0.25, 0.3) is 0 Å². The molecule has 4 atom stereocenters. The summed E-state index contributed by atoms with van der Waals surface area (Å²) >= 11 is 0. The highest BCUT2D eigenvalue weighted by atomic mass is 31.2. The SMILES string of the molecule is CC(C)OC(=O)[C@@H](C)CNP(=O)(CO[C@H](C)Cn1cnc2c(N)ncnc21)N[C@@H](C)C(=O)OC1CCCCC1. The van der Waals surface area contributed by atoms with Crippen LogP contribution in [0.15, 0.2) is 12.7 Å². The van der Waals surface area contributed by atoms with E-state index in [2.05, 4.69) is 25.1 Å². The van der Waals surface area contributed by atoms with Crippen LogP contribution in [0.2, 0.25) is 0 Å². The molecule has 1 unspecified atom stereocenters. The van der Waals surface area contributed by atoms with Crippen LogP contribution in [-0.2, 0) is 34.9 Å². The third kappa shape index (κ3) is 9.23. The van der Waals surface area contributed by atoms with Gasteiger partial charge in [0.1, 0.15) is 30.3 Å². The maximum atomic E-state index is 14.0. The standard InChI is InChI=1S/C25H42N7O6P/c1-16(2)37-24(33)17(3)11-30-39(35,31-19(5)25(34)38-20-9-7-6-8-10-20)15-36-18(4)12-32-14-29-21-22(26)27-13-28-23(21)32/h13-14,16-20H,6-12,15H2,1-5H3,(H2,26,27,28)(H2,30,31,35)/t17-,18+,19-,39?/m0/s1. The molecule has 39 heavy (non-hydrogen) atoms. The number of imidazole rings is 1. The largest absolute Gasteiger partial charge is 0.463 e. The predicted molar refractivity (Wildman–Crippen MR) is 147 cm³/mol. The van der Waals surface area contributed by atoms with Gasteiger partial charge in [-0.05, 0) is 53.4 Å². The molecule has 2 aromatic rings. The number of nitrogens with one attached hydrogen (secondary N) is 2. The number of rotatable bonds is 14. The molecule has 1 aliphatic rings. The van der Waals surface area contributed by atoms with E-state index >= 15 is 0 Å². The summed E-state index contributed by atoms with van der Waals surface area (Å²) in [6.45, 7) is 9.09. The number of nitrogen functional groups attached to an aromatic ring is 1. The molecular weight excluding hydrogens is 525 g/mol. The van der Waals surface area contributed by atoms with Gasteiger partial charge in [-0.3, -0.25) is 19.2 Å². The number of esters is 2. The molecule has 2 heterocycles. The van der Waals surface area contributed by atoms with Crippen molar-refractivity contribution >= 4 is 36.4 Å². The third-order valence-electron chi connectivity index (χ3n) is 6.42. The van der Waals surface area contributed by atoms with Crippen LogP contribution >= 0.6 is 7.44 Å². The monoisotopic (exact) mass is 567 g/mol. The predicted octanol–water partition coefficient (Wildman–Crippen LogP) is 3.00. The van der Waals surface area contributed by atoms with Gasteiger partial charge in [-0.2, -0.15) is 0 Å². The second-order valence-electron chi connectivity index (χ2n) is 10.5. The molecule has 0 aliphatic heterocycles. The quantitative estimate of drug-likeness (QED) is 0.225. The molecule has 14 heteroatoms. The topological polar surface area (TPSA) is 173 Å². The van der Waals surface area contributed by atoms with Gasteiger partial charge in [0.15, 0.2) is 11.5 Å². The molecule has 13 nitrogen and oxygen atoms in total. The number of fused-ring (bicyclic) bond motifs is 1. The summed E-state index contributed by atoms with van der Waals surface area (Å²) in [4.78, 5) is 37.5. The Labute approximate surface area is 229 Å². The maximum Gasteiger partial charge on any atom is 0.323 e. The molecular formula is C25H42N7O6P.